The Bertz CT molecular complexity index is 146. The van der Waals surface area contributed by atoms with Crippen LogP contribution in [0.1, 0.15) is 13.3 Å². The Morgan fingerprint density at radius 2 is 1.92 bits per heavy atom. The first-order valence-electron chi connectivity index (χ1n) is 3.89. The van der Waals surface area contributed by atoms with Gasteiger partial charge < -0.3 is 9.47 Å². The molecule has 0 heterocycles. The van der Waals surface area contributed by atoms with Crippen LogP contribution in [-0.2, 0) is 9.47 Å². The summed E-state index contributed by atoms with van der Waals surface area (Å²) in [4.78, 5) is 7.39. The van der Waals surface area contributed by atoms with Crippen LogP contribution in [0, 0.1) is 0 Å². The van der Waals surface area contributed by atoms with Crippen molar-refractivity contribution < 1.29 is 9.47 Å². The lowest BCUT2D eigenvalue weighted by molar-refractivity contribution is 0.173. The van der Waals surface area contributed by atoms with Crippen LogP contribution < -0.4 is 0 Å². The summed E-state index contributed by atoms with van der Waals surface area (Å²) in [5, 5.41) is 0. The quantitative estimate of drug-likeness (QED) is 0.342. The molecule has 0 fully saturated rings. The van der Waals surface area contributed by atoms with Gasteiger partial charge in [-0.3, -0.25) is 9.98 Å². The maximum absolute atomic E-state index is 5.16. The summed E-state index contributed by atoms with van der Waals surface area (Å²) in [6, 6.07) is 0. The number of hydrogen-bond acceptors (Lipinski definition) is 4. The maximum atomic E-state index is 5.16. The second-order valence-electron chi connectivity index (χ2n) is 2.33. The van der Waals surface area contributed by atoms with E-state index in [9.17, 15) is 0 Å². The molecule has 1 unspecified atom stereocenters. The number of aliphatic imine (C=N–C) groups is 2. The average molecular weight is 172 g/mol. The van der Waals surface area contributed by atoms with E-state index in [-0.39, 0.29) is 6.10 Å². The minimum Gasteiger partial charge on any atom is -0.483 e. The van der Waals surface area contributed by atoms with Crippen LogP contribution in [0.4, 0.5) is 0 Å². The lowest BCUT2D eigenvalue weighted by atomic mass is 10.3. The van der Waals surface area contributed by atoms with Gasteiger partial charge in [0.1, 0.15) is 6.10 Å². The minimum absolute atomic E-state index is 0.138. The molecule has 0 aliphatic rings. The van der Waals surface area contributed by atoms with Gasteiger partial charge in [0.2, 0.25) is 0 Å². The van der Waals surface area contributed by atoms with Gasteiger partial charge in [-0.2, -0.15) is 0 Å². The third-order valence-electron chi connectivity index (χ3n) is 1.22. The fourth-order valence-electron chi connectivity index (χ4n) is 0.594. The summed E-state index contributed by atoms with van der Waals surface area (Å²) in [7, 11) is 3.34. The van der Waals surface area contributed by atoms with Gasteiger partial charge in [0.25, 0.3) is 0 Å². The van der Waals surface area contributed by atoms with E-state index in [1.165, 1.54) is 12.8 Å². The molecule has 0 aliphatic heterocycles. The van der Waals surface area contributed by atoms with Crippen molar-refractivity contribution in [2.24, 2.45) is 9.98 Å². The average Bonchev–Trinajstić information content (AvgIpc) is 2.09. The van der Waals surface area contributed by atoms with Crippen molar-refractivity contribution >= 4 is 12.8 Å². The van der Waals surface area contributed by atoms with Gasteiger partial charge in [0.15, 0.2) is 12.8 Å². The summed E-state index contributed by atoms with van der Waals surface area (Å²) >= 11 is 0. The van der Waals surface area contributed by atoms with Crippen LogP contribution in [0.2, 0.25) is 0 Å². The largest absolute Gasteiger partial charge is 0.483 e. The molecule has 0 N–H and O–H groups in total. The molecule has 70 valence electrons. The molecular weight excluding hydrogens is 156 g/mol. The van der Waals surface area contributed by atoms with E-state index in [1.54, 1.807) is 14.1 Å². The smallest absolute Gasteiger partial charge is 0.169 e. The van der Waals surface area contributed by atoms with E-state index in [0.717, 1.165) is 6.42 Å². The van der Waals surface area contributed by atoms with Crippen LogP contribution >= 0.6 is 0 Å². The summed E-state index contributed by atoms with van der Waals surface area (Å²) in [5.41, 5.74) is 0. The van der Waals surface area contributed by atoms with Crippen molar-refractivity contribution in [3.8, 4) is 0 Å². The normalized spacial score (nSPS) is 13.9. The molecule has 4 nitrogen and oxygen atoms in total. The van der Waals surface area contributed by atoms with Crippen LogP contribution in [0.3, 0.4) is 0 Å². The van der Waals surface area contributed by atoms with E-state index in [4.69, 9.17) is 9.47 Å². The Labute approximate surface area is 73.3 Å². The fraction of sp³-hybridized carbons (Fsp3) is 0.750. The van der Waals surface area contributed by atoms with Crippen molar-refractivity contribution in [1.82, 2.24) is 0 Å². The van der Waals surface area contributed by atoms with Crippen molar-refractivity contribution in [1.29, 1.82) is 0 Å². The first kappa shape index (κ1) is 10.9. The highest BCUT2D eigenvalue weighted by molar-refractivity contribution is 5.46. The third kappa shape index (κ3) is 7.05. The predicted molar refractivity (Wildman–Crippen MR) is 49.9 cm³/mol. The number of ether oxygens (including phenoxy) is 2. The maximum Gasteiger partial charge on any atom is 0.169 e. The van der Waals surface area contributed by atoms with Gasteiger partial charge in [-0.05, 0) is 6.92 Å². The van der Waals surface area contributed by atoms with Crippen molar-refractivity contribution in [2.75, 3.05) is 20.7 Å². The molecular formula is C8H16N2O2. The van der Waals surface area contributed by atoms with E-state index >= 15 is 0 Å². The molecule has 0 saturated carbocycles. The molecule has 0 spiro atoms. The van der Waals surface area contributed by atoms with Gasteiger partial charge in [0, 0.05) is 20.5 Å². The highest BCUT2D eigenvalue weighted by Gasteiger charge is 1.98. The Morgan fingerprint density at radius 1 is 1.25 bits per heavy atom. The zero-order valence-corrected chi connectivity index (χ0v) is 7.86. The molecule has 0 amide bonds. The molecule has 0 aromatic rings. The monoisotopic (exact) mass is 172 g/mol. The molecule has 0 saturated heterocycles. The Morgan fingerprint density at radius 3 is 2.50 bits per heavy atom. The SMILES string of the molecule is CN=COCCC(C)OC=NC. The third-order valence-corrected chi connectivity index (χ3v) is 1.22. The van der Waals surface area contributed by atoms with Crippen LogP contribution in [0.25, 0.3) is 0 Å². The molecule has 0 radical (unpaired) electrons. The number of rotatable bonds is 6. The zero-order chi connectivity index (χ0) is 9.23. The van der Waals surface area contributed by atoms with E-state index in [1.807, 2.05) is 6.92 Å². The fourth-order valence-corrected chi connectivity index (χ4v) is 0.594. The molecule has 12 heavy (non-hydrogen) atoms. The van der Waals surface area contributed by atoms with Gasteiger partial charge in [0.05, 0.1) is 6.61 Å². The Balaban J connectivity index is 3.24. The Kier molecular flexibility index (Phi) is 7.33. The minimum atomic E-state index is 0.138. The molecule has 0 rings (SSSR count). The molecule has 1 atom stereocenters. The highest BCUT2D eigenvalue weighted by atomic mass is 16.5. The van der Waals surface area contributed by atoms with Gasteiger partial charge in [-0.1, -0.05) is 0 Å². The second kappa shape index (κ2) is 8.04. The van der Waals surface area contributed by atoms with E-state index in [0.29, 0.717) is 6.61 Å². The lowest BCUT2D eigenvalue weighted by Gasteiger charge is -2.08. The number of nitrogens with zero attached hydrogens (tertiary/aromatic N) is 2. The van der Waals surface area contributed by atoms with Crippen molar-refractivity contribution in [3.05, 3.63) is 0 Å². The second-order valence-corrected chi connectivity index (χ2v) is 2.33. The van der Waals surface area contributed by atoms with Crippen molar-refractivity contribution in [3.63, 3.8) is 0 Å². The predicted octanol–water partition coefficient (Wildman–Crippen LogP) is 1.11. The standard InChI is InChI=1S/C8H16N2O2/c1-8(12-7-10-3)4-5-11-6-9-2/h6-8H,4-5H2,1-3H3. The molecule has 0 bridgehead atoms. The van der Waals surface area contributed by atoms with Gasteiger partial charge >= 0.3 is 0 Å². The van der Waals surface area contributed by atoms with Crippen molar-refractivity contribution in [2.45, 2.75) is 19.4 Å². The summed E-state index contributed by atoms with van der Waals surface area (Å²) < 4.78 is 10.2. The summed E-state index contributed by atoms with van der Waals surface area (Å²) in [6.07, 6.45) is 3.84. The van der Waals surface area contributed by atoms with Gasteiger partial charge in [-0.15, -0.1) is 0 Å². The highest BCUT2D eigenvalue weighted by Crippen LogP contribution is 1.94. The summed E-state index contributed by atoms with van der Waals surface area (Å²) in [5.74, 6) is 0. The van der Waals surface area contributed by atoms with E-state index in [2.05, 4.69) is 9.98 Å². The lowest BCUT2D eigenvalue weighted by Crippen LogP contribution is -2.10. The Hall–Kier alpha value is -1.06. The summed E-state index contributed by atoms with van der Waals surface area (Å²) in [6.45, 7) is 2.59. The first-order chi connectivity index (χ1) is 5.81. The number of hydrogen-bond donors (Lipinski definition) is 0. The molecule has 0 aromatic carbocycles. The zero-order valence-electron chi connectivity index (χ0n) is 7.86. The van der Waals surface area contributed by atoms with Crippen LogP contribution in [-0.4, -0.2) is 39.6 Å². The molecule has 0 aliphatic carbocycles. The van der Waals surface area contributed by atoms with Crippen LogP contribution in [0.15, 0.2) is 9.98 Å². The van der Waals surface area contributed by atoms with Gasteiger partial charge in [-0.25, -0.2) is 0 Å². The molecule has 0 aromatic heterocycles. The van der Waals surface area contributed by atoms with Crippen LogP contribution in [0.5, 0.6) is 0 Å². The van der Waals surface area contributed by atoms with E-state index < -0.39 is 0 Å². The topological polar surface area (TPSA) is 43.2 Å². The first-order valence-corrected chi connectivity index (χ1v) is 3.89. The molecule has 4 heteroatoms.